The van der Waals surface area contributed by atoms with E-state index in [0.717, 1.165) is 29.9 Å². The van der Waals surface area contributed by atoms with Gasteiger partial charge in [-0.15, -0.1) is 0 Å². The van der Waals surface area contributed by atoms with Crippen LogP contribution in [-0.2, 0) is 4.79 Å². The van der Waals surface area contributed by atoms with Crippen molar-refractivity contribution in [3.63, 3.8) is 0 Å². The van der Waals surface area contributed by atoms with Crippen molar-refractivity contribution >= 4 is 11.6 Å². The van der Waals surface area contributed by atoms with Crippen LogP contribution in [0, 0.1) is 5.92 Å². The Kier molecular flexibility index (Phi) is 4.61. The van der Waals surface area contributed by atoms with Crippen LogP contribution in [0.3, 0.4) is 0 Å². The van der Waals surface area contributed by atoms with Gasteiger partial charge in [0.2, 0.25) is 5.91 Å². The highest BCUT2D eigenvalue weighted by Crippen LogP contribution is 2.26. The maximum Gasteiger partial charge on any atom is 0.227 e. The fraction of sp³-hybridized carbons (Fsp3) is 0.438. The van der Waals surface area contributed by atoms with E-state index < -0.39 is 0 Å². The van der Waals surface area contributed by atoms with Crippen molar-refractivity contribution in [3.8, 4) is 5.75 Å². The highest BCUT2D eigenvalue weighted by molar-refractivity contribution is 5.92. The molecular formula is C16H21NO2. The van der Waals surface area contributed by atoms with E-state index in [4.69, 9.17) is 4.74 Å². The van der Waals surface area contributed by atoms with Gasteiger partial charge in [0, 0.05) is 11.6 Å². The molecule has 0 heterocycles. The van der Waals surface area contributed by atoms with Crippen molar-refractivity contribution in [2.75, 3.05) is 11.9 Å². The number of nitrogens with one attached hydrogen (secondary N) is 1. The lowest BCUT2D eigenvalue weighted by atomic mass is 10.1. The molecule has 0 spiro atoms. The SMILES string of the molecule is C=C(C)COc1ccc(NC(=O)C2CCCC2)cc1. The molecule has 0 aromatic heterocycles. The third kappa shape index (κ3) is 4.12. The van der Waals surface area contributed by atoms with E-state index in [1.807, 2.05) is 31.2 Å². The Morgan fingerprint density at radius 3 is 2.53 bits per heavy atom. The Morgan fingerprint density at radius 1 is 1.32 bits per heavy atom. The van der Waals surface area contributed by atoms with Crippen molar-refractivity contribution in [3.05, 3.63) is 36.4 Å². The number of carbonyl (C=O) groups is 1. The minimum Gasteiger partial charge on any atom is -0.489 e. The number of carbonyl (C=O) groups excluding carboxylic acids is 1. The summed E-state index contributed by atoms with van der Waals surface area (Å²) < 4.78 is 5.51. The first kappa shape index (κ1) is 13.7. The maximum atomic E-state index is 12.0. The lowest BCUT2D eigenvalue weighted by molar-refractivity contribution is -0.119. The predicted octanol–water partition coefficient (Wildman–Crippen LogP) is 3.77. The van der Waals surface area contributed by atoms with Gasteiger partial charge in [0.05, 0.1) is 0 Å². The summed E-state index contributed by atoms with van der Waals surface area (Å²) in [5.41, 5.74) is 1.82. The molecule has 1 aromatic carbocycles. The molecule has 0 radical (unpaired) electrons. The van der Waals surface area contributed by atoms with Gasteiger partial charge in [-0.2, -0.15) is 0 Å². The average molecular weight is 259 g/mol. The van der Waals surface area contributed by atoms with Crippen molar-refractivity contribution in [2.24, 2.45) is 5.92 Å². The summed E-state index contributed by atoms with van der Waals surface area (Å²) in [7, 11) is 0. The van der Waals surface area contributed by atoms with E-state index in [9.17, 15) is 4.79 Å². The normalized spacial score (nSPS) is 15.2. The average Bonchev–Trinajstić information content (AvgIpc) is 2.92. The molecule has 0 saturated heterocycles. The molecule has 19 heavy (non-hydrogen) atoms. The van der Waals surface area contributed by atoms with Crippen LogP contribution in [0.2, 0.25) is 0 Å². The van der Waals surface area contributed by atoms with Gasteiger partial charge in [-0.25, -0.2) is 0 Å². The number of rotatable bonds is 5. The number of hydrogen-bond acceptors (Lipinski definition) is 2. The Morgan fingerprint density at radius 2 is 1.95 bits per heavy atom. The third-order valence-electron chi connectivity index (χ3n) is 3.33. The number of amides is 1. The lowest BCUT2D eigenvalue weighted by Crippen LogP contribution is -2.20. The first-order valence-electron chi connectivity index (χ1n) is 6.83. The molecule has 2 rings (SSSR count). The Balaban J connectivity index is 1.87. The Labute approximate surface area is 114 Å². The molecule has 0 aliphatic heterocycles. The second kappa shape index (κ2) is 6.41. The second-order valence-electron chi connectivity index (χ2n) is 5.24. The van der Waals surface area contributed by atoms with Gasteiger partial charge in [0.1, 0.15) is 12.4 Å². The van der Waals surface area contributed by atoms with Gasteiger partial charge >= 0.3 is 0 Å². The summed E-state index contributed by atoms with van der Waals surface area (Å²) in [5, 5.41) is 2.96. The smallest absolute Gasteiger partial charge is 0.227 e. The highest BCUT2D eigenvalue weighted by atomic mass is 16.5. The molecule has 1 aliphatic rings. The molecule has 1 aliphatic carbocycles. The number of benzene rings is 1. The topological polar surface area (TPSA) is 38.3 Å². The largest absolute Gasteiger partial charge is 0.489 e. The molecule has 1 fully saturated rings. The fourth-order valence-electron chi connectivity index (χ4n) is 2.27. The standard InChI is InChI=1S/C16H21NO2/c1-12(2)11-19-15-9-7-14(8-10-15)17-16(18)13-5-3-4-6-13/h7-10,13H,1,3-6,11H2,2H3,(H,17,18). The molecule has 0 unspecified atom stereocenters. The highest BCUT2D eigenvalue weighted by Gasteiger charge is 2.22. The third-order valence-corrected chi connectivity index (χ3v) is 3.33. The summed E-state index contributed by atoms with van der Waals surface area (Å²) in [5.74, 6) is 1.13. The molecular weight excluding hydrogens is 238 g/mol. The van der Waals surface area contributed by atoms with E-state index in [1.54, 1.807) is 0 Å². The Bertz CT molecular complexity index is 444. The monoisotopic (exact) mass is 259 g/mol. The molecule has 0 bridgehead atoms. The van der Waals surface area contributed by atoms with Gasteiger partial charge in [-0.3, -0.25) is 4.79 Å². The van der Waals surface area contributed by atoms with Crippen LogP contribution in [0.1, 0.15) is 32.6 Å². The van der Waals surface area contributed by atoms with Crippen molar-refractivity contribution in [2.45, 2.75) is 32.6 Å². The van der Waals surface area contributed by atoms with Crippen LogP contribution >= 0.6 is 0 Å². The van der Waals surface area contributed by atoms with E-state index in [1.165, 1.54) is 12.8 Å². The summed E-state index contributed by atoms with van der Waals surface area (Å²) in [6.07, 6.45) is 4.38. The maximum absolute atomic E-state index is 12.0. The molecule has 1 aromatic rings. The number of ether oxygens (including phenoxy) is 1. The molecule has 102 valence electrons. The molecule has 0 atom stereocenters. The fourth-order valence-corrected chi connectivity index (χ4v) is 2.27. The lowest BCUT2D eigenvalue weighted by Gasteiger charge is -2.11. The van der Waals surface area contributed by atoms with E-state index in [2.05, 4.69) is 11.9 Å². The summed E-state index contributed by atoms with van der Waals surface area (Å²) in [4.78, 5) is 12.0. The molecule has 1 saturated carbocycles. The van der Waals surface area contributed by atoms with Crippen LogP contribution < -0.4 is 10.1 Å². The molecule has 1 N–H and O–H groups in total. The zero-order valence-corrected chi connectivity index (χ0v) is 11.4. The van der Waals surface area contributed by atoms with Gasteiger partial charge in [-0.1, -0.05) is 19.4 Å². The van der Waals surface area contributed by atoms with Crippen molar-refractivity contribution < 1.29 is 9.53 Å². The van der Waals surface area contributed by atoms with E-state index in [0.29, 0.717) is 6.61 Å². The van der Waals surface area contributed by atoms with E-state index >= 15 is 0 Å². The van der Waals surface area contributed by atoms with Crippen molar-refractivity contribution in [1.82, 2.24) is 0 Å². The number of anilines is 1. The number of hydrogen-bond donors (Lipinski definition) is 1. The van der Waals surface area contributed by atoms with Gasteiger partial charge in [-0.05, 0) is 49.6 Å². The predicted molar refractivity (Wildman–Crippen MR) is 77.3 cm³/mol. The first-order chi connectivity index (χ1) is 9.15. The van der Waals surface area contributed by atoms with Crippen LogP contribution in [0.5, 0.6) is 5.75 Å². The zero-order valence-electron chi connectivity index (χ0n) is 11.4. The summed E-state index contributed by atoms with van der Waals surface area (Å²) in [6, 6.07) is 7.49. The zero-order chi connectivity index (χ0) is 13.7. The van der Waals surface area contributed by atoms with Gasteiger partial charge < -0.3 is 10.1 Å². The minimum absolute atomic E-state index is 0.146. The van der Waals surface area contributed by atoms with Crippen molar-refractivity contribution in [1.29, 1.82) is 0 Å². The van der Waals surface area contributed by atoms with Gasteiger partial charge in [0.15, 0.2) is 0 Å². The summed E-state index contributed by atoms with van der Waals surface area (Å²) >= 11 is 0. The molecule has 3 heteroatoms. The molecule has 3 nitrogen and oxygen atoms in total. The first-order valence-corrected chi connectivity index (χ1v) is 6.83. The Hall–Kier alpha value is -1.77. The van der Waals surface area contributed by atoms with Crippen LogP contribution in [0.25, 0.3) is 0 Å². The van der Waals surface area contributed by atoms with Gasteiger partial charge in [0.25, 0.3) is 0 Å². The quantitative estimate of drug-likeness (QED) is 0.817. The van der Waals surface area contributed by atoms with Crippen LogP contribution in [0.15, 0.2) is 36.4 Å². The molecule has 1 amide bonds. The second-order valence-corrected chi connectivity index (χ2v) is 5.24. The van der Waals surface area contributed by atoms with Crippen LogP contribution in [-0.4, -0.2) is 12.5 Å². The van der Waals surface area contributed by atoms with E-state index in [-0.39, 0.29) is 11.8 Å². The minimum atomic E-state index is 0.146. The summed E-state index contributed by atoms with van der Waals surface area (Å²) in [6.45, 7) is 6.24. The van der Waals surface area contributed by atoms with Crippen LogP contribution in [0.4, 0.5) is 5.69 Å².